The molecule has 38 heavy (non-hydrogen) atoms. The largest absolute Gasteiger partial charge is 0.497 e. The fourth-order valence-corrected chi connectivity index (χ4v) is 3.94. The fraction of sp³-hybridized carbons (Fsp3) is 0.286. The highest BCUT2D eigenvalue weighted by Gasteiger charge is 2.30. The van der Waals surface area contributed by atoms with Gasteiger partial charge in [0, 0.05) is 31.6 Å². The van der Waals surface area contributed by atoms with Gasteiger partial charge in [0.05, 0.1) is 19.1 Å². The number of hydrogen-bond donors (Lipinski definition) is 1. The number of benzene rings is 3. The lowest BCUT2D eigenvalue weighted by molar-refractivity contribution is -0.385. The smallest absolute Gasteiger partial charge is 0.311 e. The molecular formula is C28H31N3O7. The van der Waals surface area contributed by atoms with Gasteiger partial charge in [-0.2, -0.15) is 0 Å². The lowest BCUT2D eigenvalue weighted by Crippen LogP contribution is -2.51. The van der Waals surface area contributed by atoms with Crippen LogP contribution in [0.3, 0.4) is 0 Å². The summed E-state index contributed by atoms with van der Waals surface area (Å²) < 4.78 is 16.1. The van der Waals surface area contributed by atoms with Gasteiger partial charge in [0.2, 0.25) is 11.7 Å². The quantitative estimate of drug-likeness (QED) is 0.269. The van der Waals surface area contributed by atoms with Crippen molar-refractivity contribution in [1.82, 2.24) is 10.2 Å². The minimum absolute atomic E-state index is 0.0115. The van der Waals surface area contributed by atoms with Crippen LogP contribution in [0.4, 0.5) is 5.69 Å². The molecule has 3 aromatic carbocycles. The van der Waals surface area contributed by atoms with Gasteiger partial charge in [-0.3, -0.25) is 19.7 Å². The van der Waals surface area contributed by atoms with Crippen LogP contribution in [-0.2, 0) is 22.6 Å². The molecule has 0 fully saturated rings. The van der Waals surface area contributed by atoms with Crippen LogP contribution in [0.15, 0.2) is 72.8 Å². The molecule has 1 N–H and O–H groups in total. The number of nitrogens with zero attached hydrogens (tertiary/aromatic N) is 2. The number of nitro benzene ring substituents is 1. The Morgan fingerprint density at radius 2 is 1.68 bits per heavy atom. The summed E-state index contributed by atoms with van der Waals surface area (Å²) in [6.07, 6.45) is 0.299. The molecule has 200 valence electrons. The van der Waals surface area contributed by atoms with E-state index in [2.05, 4.69) is 5.32 Å². The monoisotopic (exact) mass is 521 g/mol. The van der Waals surface area contributed by atoms with E-state index >= 15 is 0 Å². The maximum Gasteiger partial charge on any atom is 0.311 e. The number of nitrogens with one attached hydrogen (secondary N) is 1. The molecular weight excluding hydrogens is 490 g/mol. The van der Waals surface area contributed by atoms with E-state index < -0.39 is 23.5 Å². The van der Waals surface area contributed by atoms with Crippen molar-refractivity contribution in [2.45, 2.75) is 25.9 Å². The molecule has 0 heterocycles. The van der Waals surface area contributed by atoms with Gasteiger partial charge in [0.15, 0.2) is 6.61 Å². The van der Waals surface area contributed by atoms with E-state index in [0.717, 1.165) is 11.1 Å². The van der Waals surface area contributed by atoms with Crippen LogP contribution in [-0.4, -0.2) is 55.1 Å². The van der Waals surface area contributed by atoms with Crippen LogP contribution in [0.2, 0.25) is 0 Å². The van der Waals surface area contributed by atoms with Crippen molar-refractivity contribution in [2.24, 2.45) is 0 Å². The highest BCUT2D eigenvalue weighted by atomic mass is 16.6. The molecule has 10 nitrogen and oxygen atoms in total. The molecule has 2 amide bonds. The molecule has 0 unspecified atom stereocenters. The third kappa shape index (κ3) is 7.45. The van der Waals surface area contributed by atoms with Crippen molar-refractivity contribution in [1.29, 1.82) is 0 Å². The molecule has 0 aliphatic heterocycles. The summed E-state index contributed by atoms with van der Waals surface area (Å²) in [4.78, 5) is 38.9. The van der Waals surface area contributed by atoms with E-state index in [-0.39, 0.29) is 29.6 Å². The maximum atomic E-state index is 13.6. The molecule has 0 aliphatic rings. The van der Waals surface area contributed by atoms with Gasteiger partial charge in [-0.25, -0.2) is 0 Å². The van der Waals surface area contributed by atoms with Crippen molar-refractivity contribution in [3.63, 3.8) is 0 Å². The SMILES string of the molecule is CCNC(=O)[C@@H](Cc1ccccc1)N(Cc1cccc(OC)c1)C(=O)COc1ccc([N+](=O)[O-])c(OC)c1. The third-order valence-electron chi connectivity index (χ3n) is 5.82. The van der Waals surface area contributed by atoms with Crippen LogP contribution in [0.5, 0.6) is 17.2 Å². The zero-order chi connectivity index (χ0) is 27.5. The first-order chi connectivity index (χ1) is 18.4. The molecule has 0 saturated heterocycles. The number of methoxy groups -OCH3 is 2. The first-order valence-electron chi connectivity index (χ1n) is 12.1. The van der Waals surface area contributed by atoms with E-state index in [1.165, 1.54) is 30.2 Å². The summed E-state index contributed by atoms with van der Waals surface area (Å²) in [7, 11) is 2.87. The van der Waals surface area contributed by atoms with Crippen LogP contribution in [0, 0.1) is 10.1 Å². The zero-order valence-corrected chi connectivity index (χ0v) is 21.6. The third-order valence-corrected chi connectivity index (χ3v) is 5.82. The molecule has 0 spiro atoms. The Labute approximate surface area is 221 Å². The normalized spacial score (nSPS) is 11.2. The van der Waals surface area contributed by atoms with Gasteiger partial charge in [-0.1, -0.05) is 42.5 Å². The molecule has 0 aliphatic carbocycles. The summed E-state index contributed by atoms with van der Waals surface area (Å²) in [5, 5.41) is 14.0. The molecule has 3 aromatic rings. The van der Waals surface area contributed by atoms with E-state index in [1.807, 2.05) is 49.4 Å². The molecule has 0 radical (unpaired) electrons. The minimum Gasteiger partial charge on any atom is -0.497 e. The van der Waals surface area contributed by atoms with Gasteiger partial charge in [-0.05, 0) is 36.2 Å². The van der Waals surface area contributed by atoms with Gasteiger partial charge in [0.1, 0.15) is 17.5 Å². The average Bonchev–Trinajstić information content (AvgIpc) is 2.94. The van der Waals surface area contributed by atoms with Crippen molar-refractivity contribution in [3.05, 3.63) is 94.0 Å². The van der Waals surface area contributed by atoms with Crippen molar-refractivity contribution < 1.29 is 28.7 Å². The first kappa shape index (κ1) is 28.0. The molecule has 10 heteroatoms. The summed E-state index contributed by atoms with van der Waals surface area (Å²) in [6, 6.07) is 19.9. The van der Waals surface area contributed by atoms with E-state index in [4.69, 9.17) is 14.2 Å². The Bertz CT molecular complexity index is 1250. The van der Waals surface area contributed by atoms with Gasteiger partial charge >= 0.3 is 5.69 Å². The standard InChI is InChI=1S/C28H31N3O7/c1-4-29-28(33)25(16-20-9-6-5-7-10-20)30(18-21-11-8-12-22(15-21)36-2)27(32)19-38-23-13-14-24(31(34)35)26(17-23)37-3/h5-15,17,25H,4,16,18-19H2,1-3H3,(H,29,33)/t25-/m1/s1. The molecule has 0 saturated carbocycles. The zero-order valence-electron chi connectivity index (χ0n) is 21.6. The van der Waals surface area contributed by atoms with Crippen molar-refractivity contribution >= 4 is 17.5 Å². The Morgan fingerprint density at radius 3 is 2.34 bits per heavy atom. The second-order valence-electron chi connectivity index (χ2n) is 8.35. The fourth-order valence-electron chi connectivity index (χ4n) is 3.94. The highest BCUT2D eigenvalue weighted by molar-refractivity contribution is 5.88. The van der Waals surface area contributed by atoms with E-state index in [1.54, 1.807) is 19.2 Å². The van der Waals surface area contributed by atoms with Gasteiger partial charge < -0.3 is 24.4 Å². The second-order valence-corrected chi connectivity index (χ2v) is 8.35. The number of nitro groups is 1. The summed E-state index contributed by atoms with van der Waals surface area (Å²) >= 11 is 0. The summed E-state index contributed by atoms with van der Waals surface area (Å²) in [5.74, 6) is 0.140. The average molecular weight is 522 g/mol. The van der Waals surface area contributed by atoms with Crippen molar-refractivity contribution in [2.75, 3.05) is 27.4 Å². The first-order valence-corrected chi connectivity index (χ1v) is 12.1. The Balaban J connectivity index is 1.91. The number of hydrogen-bond acceptors (Lipinski definition) is 7. The van der Waals surface area contributed by atoms with Crippen molar-refractivity contribution in [3.8, 4) is 17.2 Å². The van der Waals surface area contributed by atoms with E-state index in [9.17, 15) is 19.7 Å². The highest BCUT2D eigenvalue weighted by Crippen LogP contribution is 2.31. The Hall–Kier alpha value is -4.60. The predicted octanol–water partition coefficient (Wildman–Crippen LogP) is 3.77. The Morgan fingerprint density at radius 1 is 0.947 bits per heavy atom. The number of carbonyl (C=O) groups excluding carboxylic acids is 2. The van der Waals surface area contributed by atoms with Gasteiger partial charge in [0.25, 0.3) is 5.91 Å². The van der Waals surface area contributed by atoms with Gasteiger partial charge in [-0.15, -0.1) is 0 Å². The number of likely N-dealkylation sites (N-methyl/N-ethyl adjacent to an activating group) is 1. The summed E-state index contributed by atoms with van der Waals surface area (Å²) in [6.45, 7) is 1.97. The second kappa shape index (κ2) is 13.6. The number of carbonyl (C=O) groups is 2. The lowest BCUT2D eigenvalue weighted by atomic mass is 10.0. The summed E-state index contributed by atoms with van der Waals surface area (Å²) in [5.41, 5.74) is 1.45. The lowest BCUT2D eigenvalue weighted by Gasteiger charge is -2.31. The molecule has 3 rings (SSSR count). The predicted molar refractivity (Wildman–Crippen MR) is 141 cm³/mol. The number of rotatable bonds is 13. The van der Waals surface area contributed by atoms with Crippen LogP contribution in [0.1, 0.15) is 18.1 Å². The van der Waals surface area contributed by atoms with E-state index in [0.29, 0.717) is 18.7 Å². The number of amides is 2. The molecule has 0 bridgehead atoms. The molecule has 1 atom stereocenters. The minimum atomic E-state index is -0.814. The molecule has 0 aromatic heterocycles. The van der Waals surface area contributed by atoms with Crippen LogP contribution < -0.4 is 19.5 Å². The topological polar surface area (TPSA) is 120 Å². The maximum absolute atomic E-state index is 13.6. The Kier molecular flexibility index (Phi) is 10.0. The number of ether oxygens (including phenoxy) is 3. The van der Waals surface area contributed by atoms with Crippen LogP contribution >= 0.6 is 0 Å². The van der Waals surface area contributed by atoms with Crippen LogP contribution in [0.25, 0.3) is 0 Å².